The zero-order valence-corrected chi connectivity index (χ0v) is 16.1. The lowest BCUT2D eigenvalue weighted by Crippen LogP contribution is -2.04. The number of aromatic nitrogens is 4. The highest BCUT2D eigenvalue weighted by molar-refractivity contribution is 7.98. The average Bonchev–Trinajstić information content (AvgIpc) is 3.39. The van der Waals surface area contributed by atoms with Crippen molar-refractivity contribution in [3.63, 3.8) is 0 Å². The van der Waals surface area contributed by atoms with Crippen molar-refractivity contribution >= 4 is 23.1 Å². The molecule has 0 aliphatic carbocycles. The van der Waals surface area contributed by atoms with Gasteiger partial charge in [0.25, 0.3) is 0 Å². The summed E-state index contributed by atoms with van der Waals surface area (Å²) in [6.45, 7) is 4.24. The van der Waals surface area contributed by atoms with Gasteiger partial charge in [0.15, 0.2) is 10.9 Å². The van der Waals surface area contributed by atoms with Gasteiger partial charge in [-0.3, -0.25) is 4.57 Å². The van der Waals surface area contributed by atoms with E-state index >= 15 is 0 Å². The summed E-state index contributed by atoms with van der Waals surface area (Å²) in [5.41, 5.74) is 2.20. The Labute approximate surface area is 160 Å². The second kappa shape index (κ2) is 7.47. The average molecular weight is 383 g/mol. The molecule has 132 valence electrons. The molecule has 3 heterocycles. The number of benzene rings is 1. The Balaban J connectivity index is 1.53. The maximum Gasteiger partial charge on any atom is 0.200 e. The predicted molar refractivity (Wildman–Crippen MR) is 105 cm³/mol. The highest BCUT2D eigenvalue weighted by Crippen LogP contribution is 2.31. The van der Waals surface area contributed by atoms with E-state index in [0.717, 1.165) is 38.8 Å². The van der Waals surface area contributed by atoms with E-state index in [1.165, 1.54) is 0 Å². The minimum Gasteiger partial charge on any atom is -0.461 e. The van der Waals surface area contributed by atoms with E-state index in [2.05, 4.69) is 46.1 Å². The molecule has 26 heavy (non-hydrogen) atoms. The fourth-order valence-electron chi connectivity index (χ4n) is 2.64. The van der Waals surface area contributed by atoms with Crippen LogP contribution >= 0.6 is 23.1 Å². The predicted octanol–water partition coefficient (Wildman–Crippen LogP) is 5.53. The summed E-state index contributed by atoms with van der Waals surface area (Å²) in [7, 11) is 0. The van der Waals surface area contributed by atoms with Crippen LogP contribution in [0.2, 0.25) is 0 Å². The van der Waals surface area contributed by atoms with Gasteiger partial charge in [0.2, 0.25) is 5.82 Å². The van der Waals surface area contributed by atoms with Gasteiger partial charge in [0, 0.05) is 22.7 Å². The molecule has 0 saturated carbocycles. The first-order valence-corrected chi connectivity index (χ1v) is 10.2. The zero-order valence-electron chi connectivity index (χ0n) is 14.5. The normalized spacial score (nSPS) is 11.3. The molecule has 0 fully saturated rings. The fourth-order valence-corrected chi connectivity index (χ4v) is 4.53. The summed E-state index contributed by atoms with van der Waals surface area (Å²) in [5.74, 6) is 2.25. The Morgan fingerprint density at radius 2 is 1.96 bits per heavy atom. The van der Waals surface area contributed by atoms with Crippen molar-refractivity contribution in [1.82, 2.24) is 19.7 Å². The second-order valence-corrected chi connectivity index (χ2v) is 7.85. The van der Waals surface area contributed by atoms with Crippen molar-refractivity contribution in [2.75, 3.05) is 0 Å². The van der Waals surface area contributed by atoms with Gasteiger partial charge in [-0.25, -0.2) is 4.98 Å². The maximum absolute atomic E-state index is 5.50. The molecule has 0 N–H and O–H groups in total. The zero-order chi connectivity index (χ0) is 17.9. The fraction of sp³-hybridized carbons (Fsp3) is 0.211. The highest BCUT2D eigenvalue weighted by Gasteiger charge is 2.19. The van der Waals surface area contributed by atoms with Crippen LogP contribution < -0.4 is 0 Å². The Bertz CT molecular complexity index is 974. The van der Waals surface area contributed by atoms with Gasteiger partial charge in [-0.15, -0.1) is 21.5 Å². The summed E-state index contributed by atoms with van der Waals surface area (Å²) in [4.78, 5) is 4.75. The van der Waals surface area contributed by atoms with Crippen molar-refractivity contribution in [3.05, 3.63) is 59.8 Å². The topological polar surface area (TPSA) is 56.7 Å². The molecule has 0 bridgehead atoms. The molecular formula is C19H18N4OS2. The van der Waals surface area contributed by atoms with Crippen LogP contribution in [0, 0.1) is 0 Å². The first-order valence-electron chi connectivity index (χ1n) is 8.34. The molecule has 5 nitrogen and oxygen atoms in total. The minimum absolute atomic E-state index is 0.239. The third-order valence-corrected chi connectivity index (χ3v) is 5.76. The molecule has 0 unspecified atom stereocenters. The van der Waals surface area contributed by atoms with Crippen LogP contribution in [0.25, 0.3) is 22.2 Å². The van der Waals surface area contributed by atoms with Crippen LogP contribution in [-0.2, 0) is 5.75 Å². The third-order valence-electron chi connectivity index (χ3n) is 3.84. The van der Waals surface area contributed by atoms with Crippen LogP contribution in [0.3, 0.4) is 0 Å². The molecule has 7 heteroatoms. The van der Waals surface area contributed by atoms with E-state index in [-0.39, 0.29) is 6.04 Å². The van der Waals surface area contributed by atoms with Crippen LogP contribution in [0.4, 0.5) is 0 Å². The summed E-state index contributed by atoms with van der Waals surface area (Å²) in [5, 5.41) is 12.7. The smallest absolute Gasteiger partial charge is 0.200 e. The van der Waals surface area contributed by atoms with Gasteiger partial charge in [-0.05, 0) is 26.0 Å². The minimum atomic E-state index is 0.239. The summed E-state index contributed by atoms with van der Waals surface area (Å²) in [6.07, 6.45) is 1.65. The van der Waals surface area contributed by atoms with Crippen LogP contribution in [0.5, 0.6) is 0 Å². The largest absolute Gasteiger partial charge is 0.461 e. The van der Waals surface area contributed by atoms with Crippen molar-refractivity contribution in [3.8, 4) is 22.2 Å². The van der Waals surface area contributed by atoms with Crippen molar-refractivity contribution in [1.29, 1.82) is 0 Å². The first kappa shape index (κ1) is 17.1. The lowest BCUT2D eigenvalue weighted by atomic mass is 10.2. The Morgan fingerprint density at radius 1 is 1.12 bits per heavy atom. The number of thioether (sulfide) groups is 1. The molecule has 0 saturated heterocycles. The Kier molecular flexibility index (Phi) is 4.90. The van der Waals surface area contributed by atoms with Gasteiger partial charge in [0.05, 0.1) is 12.0 Å². The molecule has 0 spiro atoms. The third kappa shape index (κ3) is 3.45. The summed E-state index contributed by atoms with van der Waals surface area (Å²) < 4.78 is 7.60. The van der Waals surface area contributed by atoms with Crippen LogP contribution in [0.15, 0.2) is 63.7 Å². The van der Waals surface area contributed by atoms with Crippen molar-refractivity contribution in [2.45, 2.75) is 30.8 Å². The number of furan rings is 1. The second-order valence-electron chi connectivity index (χ2n) is 6.05. The lowest BCUT2D eigenvalue weighted by molar-refractivity contribution is 0.529. The quantitative estimate of drug-likeness (QED) is 0.410. The van der Waals surface area contributed by atoms with E-state index in [0.29, 0.717) is 0 Å². The standard InChI is InChI=1S/C19H18N4OS2/c1-13(2)23-17(16-9-6-10-24-16)21-22-19(23)26-12-15-11-25-18(20-15)14-7-4-3-5-8-14/h3-11,13H,12H2,1-2H3. The highest BCUT2D eigenvalue weighted by atomic mass is 32.2. The van der Waals surface area contributed by atoms with Gasteiger partial charge in [0.1, 0.15) is 5.01 Å². The monoisotopic (exact) mass is 382 g/mol. The molecule has 1 aromatic carbocycles. The molecule has 3 aromatic heterocycles. The van der Waals surface area contributed by atoms with E-state index in [9.17, 15) is 0 Å². The van der Waals surface area contributed by atoms with Crippen molar-refractivity contribution in [2.24, 2.45) is 0 Å². The van der Waals surface area contributed by atoms with Crippen LogP contribution in [0.1, 0.15) is 25.6 Å². The number of hydrogen-bond acceptors (Lipinski definition) is 6. The molecule has 0 radical (unpaired) electrons. The number of thiazole rings is 1. The summed E-state index contributed by atoms with van der Waals surface area (Å²) in [6, 6.07) is 14.3. The van der Waals surface area contributed by atoms with E-state index < -0.39 is 0 Å². The van der Waals surface area contributed by atoms with Gasteiger partial charge in [-0.2, -0.15) is 0 Å². The van der Waals surface area contributed by atoms with Crippen molar-refractivity contribution < 1.29 is 4.42 Å². The van der Waals surface area contributed by atoms with E-state index in [4.69, 9.17) is 9.40 Å². The molecule has 4 rings (SSSR count). The van der Waals surface area contributed by atoms with E-state index in [1.807, 2.05) is 30.3 Å². The van der Waals surface area contributed by atoms with Crippen LogP contribution in [-0.4, -0.2) is 19.7 Å². The molecular weight excluding hydrogens is 364 g/mol. The summed E-state index contributed by atoms with van der Waals surface area (Å²) >= 11 is 3.32. The number of rotatable bonds is 6. The van der Waals surface area contributed by atoms with E-state index in [1.54, 1.807) is 29.4 Å². The number of hydrogen-bond donors (Lipinski definition) is 0. The maximum atomic E-state index is 5.50. The van der Waals surface area contributed by atoms with Gasteiger partial charge < -0.3 is 4.42 Å². The van der Waals surface area contributed by atoms with Gasteiger partial charge >= 0.3 is 0 Å². The molecule has 0 atom stereocenters. The lowest BCUT2D eigenvalue weighted by Gasteiger charge is -2.12. The SMILES string of the molecule is CC(C)n1c(SCc2csc(-c3ccccc3)n2)nnc1-c1ccco1. The molecule has 0 aliphatic heterocycles. The first-order chi connectivity index (χ1) is 12.7. The molecule has 4 aromatic rings. The Morgan fingerprint density at radius 3 is 2.69 bits per heavy atom. The molecule has 0 aliphatic rings. The Hall–Kier alpha value is -2.38. The number of nitrogens with zero attached hydrogens (tertiary/aromatic N) is 4. The van der Waals surface area contributed by atoms with Gasteiger partial charge in [-0.1, -0.05) is 42.1 Å². The molecule has 0 amide bonds.